The average Bonchev–Trinajstić information content (AvgIpc) is 1.69. The van der Waals surface area contributed by atoms with Crippen LogP contribution < -0.4 is 0 Å². The molecule has 1 aromatic rings. The minimum absolute atomic E-state index is 0. The molecule has 1 aromatic carbocycles. The number of benzene rings is 1. The summed E-state index contributed by atoms with van der Waals surface area (Å²) in [6.45, 7) is 2.05. The third-order valence-electron chi connectivity index (χ3n) is 0.863. The van der Waals surface area contributed by atoms with Crippen LogP contribution in [0.25, 0.3) is 0 Å². The van der Waals surface area contributed by atoms with Gasteiger partial charge < -0.3 is 0 Å². The zero-order chi connectivity index (χ0) is 5.11. The van der Waals surface area contributed by atoms with E-state index in [-0.39, 0.29) is 21.1 Å². The van der Waals surface area contributed by atoms with Crippen LogP contribution in [0.5, 0.6) is 0 Å². The summed E-state index contributed by atoms with van der Waals surface area (Å²) in [5.41, 5.74) is 1.27. The Bertz CT molecular complexity index is 134. The summed E-state index contributed by atoms with van der Waals surface area (Å²) in [6.07, 6.45) is 0. The second-order valence-electron chi connectivity index (χ2n) is 1.58. The number of aryl methyl sites for hydroxylation is 1. The molecule has 8 heavy (non-hydrogen) atoms. The molecule has 0 spiro atoms. The van der Waals surface area contributed by atoms with Crippen molar-refractivity contribution in [2.75, 3.05) is 0 Å². The molecule has 0 aliphatic carbocycles. The van der Waals surface area contributed by atoms with Gasteiger partial charge in [-0.2, -0.15) is 35.9 Å². The Kier molecular flexibility index (Phi) is 3.81. The fraction of sp³-hybridized carbons (Fsp3) is 0.143. The first-order valence-electron chi connectivity index (χ1n) is 2.32. The van der Waals surface area contributed by atoms with E-state index in [9.17, 15) is 0 Å². The monoisotopic (exact) mass is 275 g/mol. The fourth-order valence-electron chi connectivity index (χ4n) is 0.483. The van der Waals surface area contributed by atoms with Gasteiger partial charge in [0.25, 0.3) is 0 Å². The van der Waals surface area contributed by atoms with Gasteiger partial charge in [0.1, 0.15) is 0 Å². The molecule has 0 unspecified atom stereocenters. The van der Waals surface area contributed by atoms with Crippen molar-refractivity contribution in [3.63, 3.8) is 0 Å². The summed E-state index contributed by atoms with van der Waals surface area (Å²) < 4.78 is 0. The maximum Gasteiger partial charge on any atom is 0 e. The minimum atomic E-state index is 0. The van der Waals surface area contributed by atoms with E-state index in [2.05, 4.69) is 19.1 Å². The molecule has 0 amide bonds. The molecule has 0 aliphatic rings. The maximum atomic E-state index is 2.96. The van der Waals surface area contributed by atoms with E-state index in [0.717, 1.165) is 0 Å². The van der Waals surface area contributed by atoms with Crippen LogP contribution in [0, 0.1) is 13.0 Å². The predicted molar refractivity (Wildman–Crippen MR) is 30.0 cm³/mol. The first kappa shape index (κ1) is 7.91. The van der Waals surface area contributed by atoms with Crippen LogP contribution in [0.2, 0.25) is 0 Å². The molecule has 1 rings (SSSR count). The fourth-order valence-corrected chi connectivity index (χ4v) is 0.483. The second-order valence-corrected chi connectivity index (χ2v) is 1.58. The molecule has 0 atom stereocenters. The molecule has 0 saturated heterocycles. The second kappa shape index (κ2) is 3.86. The van der Waals surface area contributed by atoms with Crippen molar-refractivity contribution in [1.29, 1.82) is 0 Å². The van der Waals surface area contributed by atoms with Gasteiger partial charge in [0.05, 0.1) is 0 Å². The largest absolute Gasteiger partial charge is 0.184 e. The van der Waals surface area contributed by atoms with Crippen molar-refractivity contribution in [3.05, 3.63) is 35.9 Å². The van der Waals surface area contributed by atoms with E-state index in [0.29, 0.717) is 0 Å². The molecular formula is C7H7W-. The average molecular weight is 275 g/mol. The Hall–Kier alpha value is -0.0917. The molecule has 0 heterocycles. The number of rotatable bonds is 0. The van der Waals surface area contributed by atoms with Gasteiger partial charge in [0, 0.05) is 21.1 Å². The molecule has 0 fully saturated rings. The summed E-state index contributed by atoms with van der Waals surface area (Å²) in [6, 6.07) is 10.8. The van der Waals surface area contributed by atoms with Crippen LogP contribution in [-0.4, -0.2) is 0 Å². The summed E-state index contributed by atoms with van der Waals surface area (Å²) >= 11 is 0. The Morgan fingerprint density at radius 1 is 1.50 bits per heavy atom. The van der Waals surface area contributed by atoms with E-state index in [1.807, 2.05) is 18.2 Å². The summed E-state index contributed by atoms with van der Waals surface area (Å²) in [5, 5.41) is 0. The summed E-state index contributed by atoms with van der Waals surface area (Å²) in [4.78, 5) is 0. The smallest absolute Gasteiger partial charge is 0 e. The van der Waals surface area contributed by atoms with Gasteiger partial charge in [-0.25, -0.2) is 0 Å². The Labute approximate surface area is 64.2 Å². The first-order valence-corrected chi connectivity index (χ1v) is 2.32. The van der Waals surface area contributed by atoms with Crippen molar-refractivity contribution < 1.29 is 21.1 Å². The topological polar surface area (TPSA) is 0 Å². The van der Waals surface area contributed by atoms with Gasteiger partial charge in [0.2, 0.25) is 0 Å². The van der Waals surface area contributed by atoms with Crippen molar-refractivity contribution >= 4 is 0 Å². The van der Waals surface area contributed by atoms with Gasteiger partial charge in [-0.05, 0) is 0 Å². The van der Waals surface area contributed by atoms with Crippen LogP contribution in [0.4, 0.5) is 0 Å². The molecule has 0 saturated carbocycles. The van der Waals surface area contributed by atoms with E-state index in [4.69, 9.17) is 0 Å². The molecule has 0 aliphatic heterocycles. The van der Waals surface area contributed by atoms with Crippen molar-refractivity contribution in [2.24, 2.45) is 0 Å². The van der Waals surface area contributed by atoms with Crippen LogP contribution in [-0.2, 0) is 21.1 Å². The molecule has 0 aromatic heterocycles. The molecule has 42 valence electrons. The normalized spacial score (nSPS) is 7.62. The molecule has 0 N–H and O–H groups in total. The first-order chi connectivity index (χ1) is 3.39. The third-order valence-corrected chi connectivity index (χ3v) is 0.863. The summed E-state index contributed by atoms with van der Waals surface area (Å²) in [7, 11) is 0. The Morgan fingerprint density at radius 3 is 2.50 bits per heavy atom. The van der Waals surface area contributed by atoms with Gasteiger partial charge in [0.15, 0.2) is 0 Å². The Balaban J connectivity index is 0.000000490. The SMILES string of the molecule is Cc1c[c-]ccc1.[W]. The zero-order valence-corrected chi connectivity index (χ0v) is 7.65. The van der Waals surface area contributed by atoms with E-state index in [1.165, 1.54) is 5.56 Å². The Morgan fingerprint density at radius 2 is 2.25 bits per heavy atom. The molecule has 0 bridgehead atoms. The summed E-state index contributed by atoms with van der Waals surface area (Å²) in [5.74, 6) is 0. The zero-order valence-electron chi connectivity index (χ0n) is 4.72. The molecule has 1 heteroatoms. The number of hydrogen-bond acceptors (Lipinski definition) is 0. The molecule has 0 nitrogen and oxygen atoms in total. The van der Waals surface area contributed by atoms with Gasteiger partial charge in [-0.3, -0.25) is 0 Å². The van der Waals surface area contributed by atoms with Crippen LogP contribution >= 0.6 is 0 Å². The van der Waals surface area contributed by atoms with Crippen molar-refractivity contribution in [3.8, 4) is 0 Å². The van der Waals surface area contributed by atoms with Crippen molar-refractivity contribution in [1.82, 2.24) is 0 Å². The van der Waals surface area contributed by atoms with E-state index >= 15 is 0 Å². The van der Waals surface area contributed by atoms with Gasteiger partial charge in [-0.15, -0.1) is 0 Å². The standard InChI is InChI=1S/C7H7.W/c1-7-5-3-2-4-6-7;/h2-3,5-6H,1H3;/q-1;. The number of hydrogen-bond donors (Lipinski definition) is 0. The van der Waals surface area contributed by atoms with Gasteiger partial charge in [-0.1, -0.05) is 6.92 Å². The maximum absolute atomic E-state index is 2.96. The van der Waals surface area contributed by atoms with Crippen LogP contribution in [0.3, 0.4) is 0 Å². The quantitative estimate of drug-likeness (QED) is 0.633. The van der Waals surface area contributed by atoms with Gasteiger partial charge >= 0.3 is 0 Å². The molecule has 0 radical (unpaired) electrons. The van der Waals surface area contributed by atoms with E-state index in [1.54, 1.807) is 0 Å². The van der Waals surface area contributed by atoms with Crippen LogP contribution in [0.15, 0.2) is 24.3 Å². The minimum Gasteiger partial charge on any atom is -0.184 e. The van der Waals surface area contributed by atoms with E-state index < -0.39 is 0 Å². The predicted octanol–water partition coefficient (Wildman–Crippen LogP) is 1.79. The van der Waals surface area contributed by atoms with Crippen molar-refractivity contribution in [2.45, 2.75) is 6.92 Å². The van der Waals surface area contributed by atoms with Crippen LogP contribution in [0.1, 0.15) is 5.56 Å². The molecular weight excluding hydrogens is 268 g/mol. The third kappa shape index (κ3) is 2.28.